The van der Waals surface area contributed by atoms with Gasteiger partial charge in [0.25, 0.3) is 6.47 Å². The number of hydrogen-bond acceptors (Lipinski definition) is 26. The number of fused-ring (bicyclic) bond motifs is 3. The fraction of sp³-hybridized carbons (Fsp3) is 0. The van der Waals surface area contributed by atoms with Crippen LogP contribution in [0.4, 0.5) is 51.7 Å². The van der Waals surface area contributed by atoms with Crippen LogP contribution in [-0.4, -0.2) is 91.6 Å². The average Bonchev–Trinajstić information content (AvgIpc) is 3.33. The van der Waals surface area contributed by atoms with Gasteiger partial charge in [-0.25, -0.2) is 16.8 Å². The molecule has 8 aromatic rings. The normalized spacial score (nSPS) is 11.4. The second-order valence-corrected chi connectivity index (χ2v) is 19.0. The monoisotopic (exact) mass is 1240 g/mol. The molecule has 6 N–H and O–H groups in total. The number of aromatic nitrogens is 6. The number of nitrogens with two attached hydrogens (primary N) is 1. The summed E-state index contributed by atoms with van der Waals surface area (Å²) in [4.78, 5) is 58.3. The van der Waals surface area contributed by atoms with Gasteiger partial charge < -0.3 is 40.6 Å². The first kappa shape index (κ1) is 66.1. The van der Waals surface area contributed by atoms with E-state index >= 15 is 0 Å². The smallest absolute Gasteiger partial charge is 0.744 e. The number of benzene rings is 6. The van der Waals surface area contributed by atoms with E-state index in [1.54, 1.807) is 48.5 Å². The maximum Gasteiger partial charge on any atom is 1.00 e. The third-order valence-electron chi connectivity index (χ3n) is 9.85. The zero-order chi connectivity index (χ0) is 55.2. The summed E-state index contributed by atoms with van der Waals surface area (Å²) in [5.74, 6) is -1.51. The zero-order valence-electron chi connectivity index (χ0n) is 40.0. The van der Waals surface area contributed by atoms with Crippen molar-refractivity contribution in [3.05, 3.63) is 147 Å². The van der Waals surface area contributed by atoms with Crippen LogP contribution in [0.15, 0.2) is 117 Å². The minimum atomic E-state index is -5.24. The van der Waals surface area contributed by atoms with Gasteiger partial charge in [0.05, 0.1) is 38.0 Å². The van der Waals surface area contributed by atoms with Gasteiger partial charge >= 0.3 is 99.3 Å². The van der Waals surface area contributed by atoms with Crippen molar-refractivity contribution >= 4 is 158 Å². The van der Waals surface area contributed by atoms with Crippen molar-refractivity contribution < 1.29 is 151 Å². The Morgan fingerprint density at radius 3 is 1.71 bits per heavy atom. The van der Waals surface area contributed by atoms with Gasteiger partial charge in [-0.15, -0.1) is 23.1 Å². The molecule has 0 amide bonds. The fourth-order valence-corrected chi connectivity index (χ4v) is 8.85. The molecule has 0 fully saturated rings. The van der Waals surface area contributed by atoms with E-state index in [1.807, 2.05) is 0 Å². The number of carbonyl (C=O) groups excluding carboxylic acids is 3. The molecular weight excluding hydrogens is 1220 g/mol. The topological polar surface area (TPSA) is 410 Å². The summed E-state index contributed by atoms with van der Waals surface area (Å²) in [6, 6.07) is 25.9. The molecule has 0 spiro atoms. The molecule has 26 nitrogen and oxygen atoms in total. The molecule has 9 rings (SSSR count). The minimum absolute atomic E-state index is 0. The number of rotatable bonds is 12. The molecule has 79 heavy (non-hydrogen) atoms. The Labute approximate surface area is 532 Å². The molecule has 6 aromatic carbocycles. The molecule has 36 heteroatoms. The molecule has 0 radical (unpaired) electrons. The van der Waals surface area contributed by atoms with E-state index in [0.29, 0.717) is 28.6 Å². The van der Waals surface area contributed by atoms with Crippen LogP contribution in [0.5, 0.6) is 11.5 Å². The molecule has 0 saturated heterocycles. The van der Waals surface area contributed by atoms with Crippen LogP contribution in [-0.2, 0) is 35.6 Å². The Bertz CT molecular complexity index is 4060. The average molecular weight is 1240 g/mol. The Balaban J connectivity index is 0.000000317. The summed E-state index contributed by atoms with van der Waals surface area (Å²) < 4.78 is 102. The summed E-state index contributed by atoms with van der Waals surface area (Å²) >= 11 is 23.1. The van der Waals surface area contributed by atoms with Crippen LogP contribution in [0, 0.1) is 6.07 Å². The van der Waals surface area contributed by atoms with Crippen LogP contribution in [0.3, 0.4) is 0 Å². The van der Waals surface area contributed by atoms with E-state index in [-0.39, 0.29) is 173 Å². The van der Waals surface area contributed by atoms with Gasteiger partial charge in [-0.1, -0.05) is 53.9 Å². The van der Waals surface area contributed by atoms with E-state index in [0.717, 1.165) is 24.3 Å². The van der Waals surface area contributed by atoms with E-state index in [2.05, 4.69) is 62.1 Å². The number of nitrogens with zero attached hydrogens (tertiary/aromatic N) is 8. The predicted octanol–water partition coefficient (Wildman–Crippen LogP) is -1.63. The minimum Gasteiger partial charge on any atom is -0.744 e. The van der Waals surface area contributed by atoms with Crippen molar-refractivity contribution in [2.24, 2.45) is 10.2 Å². The summed E-state index contributed by atoms with van der Waals surface area (Å²) in [6.45, 7) is 0.304. The number of hydrogen-bond donors (Lipinski definition) is 5. The molecule has 2 heterocycles. The molecular formula is C43H23Cl4N12Na3O14S3. The van der Waals surface area contributed by atoms with Gasteiger partial charge in [0.15, 0.2) is 17.3 Å². The number of halogens is 4. The van der Waals surface area contributed by atoms with Crippen LogP contribution < -0.4 is 115 Å². The van der Waals surface area contributed by atoms with Crippen molar-refractivity contribution in [2.45, 2.75) is 9.79 Å². The summed E-state index contributed by atoms with van der Waals surface area (Å²) in [5.41, 5.74) is 4.72. The first-order chi connectivity index (χ1) is 35.9. The number of nitrogen functional groups attached to an aromatic ring is 1. The molecule has 0 saturated carbocycles. The largest absolute Gasteiger partial charge is 1.00 e. The number of ether oxygens (including phenoxy) is 1. The number of para-hydroxylation sites is 1. The standard InChI is InChI=1S/C23H14Cl2N6O8S2.C20H11Cl2N6O3.3Na.O3S/c24-21-29-22(25)31-23(30-21)28-12-7-9(5-6-14(12)40(34,35)36)27-13-8-15(41(37,38)39)18(26)17-16(13)19(32)10-3-1-2-4-11(10)20(17)33;21-18-24-19(22)26-20(25-18)23-12-6-7-13-11(9-12)5-8-15(17(13)30)28-27-14-3-1-2-4-16(14)31-10-29;;;;1-4(2)3/h1-8,27H,26H2,(H,34,35,36)(H,37,38,39)(H,28,29,30,31);1-7,9-10,30H,(H,23,24,25,26);;;;/q;-1;3*+1;/p-2. The number of carbonyl (C=O) groups is 3. The third-order valence-corrected chi connectivity index (χ3v) is 12.3. The zero-order valence-corrected chi connectivity index (χ0v) is 51.4. The van der Waals surface area contributed by atoms with Crippen LogP contribution in [0.2, 0.25) is 21.1 Å². The SMILES string of the molecule is Nc1c(S(=O)(=O)[O-])cc(Nc2ccc(S(=O)(=O)[O-])c(Nc3nc(Cl)nc(Cl)n3)c2)c2c1C(=O)c1ccccc1C2=O.O=COc1ccccc1N=Nc1[c-]cc2cc(Nc3nc(Cl)nc(Cl)n3)ccc2c1O.O=S(=O)=O.[Na+].[Na+].[Na+]. The number of phenolic OH excluding ortho intramolecular Hbond substituents is 1. The van der Waals surface area contributed by atoms with Gasteiger partial charge in [-0.3, -0.25) is 14.4 Å². The van der Waals surface area contributed by atoms with Crippen LogP contribution in [0.25, 0.3) is 10.8 Å². The van der Waals surface area contributed by atoms with Gasteiger partial charge in [-0.05, 0) is 88.9 Å². The number of nitrogens with one attached hydrogen (secondary N) is 3. The summed E-state index contributed by atoms with van der Waals surface area (Å²) in [6.07, 6.45) is 0. The van der Waals surface area contributed by atoms with Gasteiger partial charge in [-0.2, -0.15) is 47.2 Å². The first-order valence-corrected chi connectivity index (χ1v) is 25.5. The molecule has 2 aromatic heterocycles. The molecule has 0 aliphatic heterocycles. The van der Waals surface area contributed by atoms with Crippen LogP contribution in [0.1, 0.15) is 31.8 Å². The number of phenols is 1. The molecule has 0 bridgehead atoms. The summed E-state index contributed by atoms with van der Waals surface area (Å²) in [5, 5.41) is 27.3. The summed E-state index contributed by atoms with van der Waals surface area (Å²) in [7, 11) is -13.4. The van der Waals surface area contributed by atoms with E-state index in [4.69, 9.17) is 69.5 Å². The van der Waals surface area contributed by atoms with Crippen molar-refractivity contribution in [1.29, 1.82) is 0 Å². The van der Waals surface area contributed by atoms with E-state index in [9.17, 15) is 45.4 Å². The third kappa shape index (κ3) is 16.6. The van der Waals surface area contributed by atoms with E-state index < -0.39 is 63.5 Å². The van der Waals surface area contributed by atoms with Crippen molar-refractivity contribution in [2.75, 3.05) is 21.7 Å². The maximum absolute atomic E-state index is 13.5. The maximum atomic E-state index is 13.5. The number of azo groups is 1. The van der Waals surface area contributed by atoms with Crippen LogP contribution >= 0.6 is 46.4 Å². The molecule has 1 aliphatic carbocycles. The molecule has 388 valence electrons. The van der Waals surface area contributed by atoms with Crippen molar-refractivity contribution in [3.63, 3.8) is 0 Å². The number of ketones is 2. The number of aromatic hydroxyl groups is 1. The fourth-order valence-electron chi connectivity index (χ4n) is 6.88. The van der Waals surface area contributed by atoms with Crippen molar-refractivity contribution in [3.8, 4) is 11.5 Å². The molecule has 0 unspecified atom stereocenters. The Kier molecular flexibility index (Phi) is 23.7. The van der Waals surface area contributed by atoms with Gasteiger partial charge in [0.1, 0.15) is 25.9 Å². The predicted molar refractivity (Wildman–Crippen MR) is 268 cm³/mol. The Hall–Kier alpha value is -5.39. The van der Waals surface area contributed by atoms with Gasteiger partial charge in [0, 0.05) is 33.9 Å². The second-order valence-electron chi connectivity index (χ2n) is 14.6. The Morgan fingerprint density at radius 2 is 1.15 bits per heavy atom. The number of anilines is 7. The quantitative estimate of drug-likeness (QED) is 0.0229. The first-order valence-electron chi connectivity index (χ1n) is 20.1. The second kappa shape index (κ2) is 28.3. The molecule has 0 atom stereocenters. The van der Waals surface area contributed by atoms with E-state index in [1.165, 1.54) is 24.3 Å². The van der Waals surface area contributed by atoms with Crippen molar-refractivity contribution in [1.82, 2.24) is 29.9 Å². The van der Waals surface area contributed by atoms with Gasteiger partial charge in [0.2, 0.25) is 33.0 Å². The molecule has 1 aliphatic rings. The Morgan fingerprint density at radius 1 is 0.646 bits per heavy atom.